The van der Waals surface area contributed by atoms with Crippen LogP contribution in [0.5, 0.6) is 5.75 Å². The number of anilines is 1. The summed E-state index contributed by atoms with van der Waals surface area (Å²) in [5.41, 5.74) is 6.20. The largest absolute Gasteiger partial charge is 0.491 e. The Balaban J connectivity index is 2.00. The first-order valence-electron chi connectivity index (χ1n) is 6.17. The quantitative estimate of drug-likeness (QED) is 0.599. The van der Waals surface area contributed by atoms with Gasteiger partial charge in [0.25, 0.3) is 0 Å². The van der Waals surface area contributed by atoms with Crippen molar-refractivity contribution in [2.24, 2.45) is 0 Å². The second-order valence-corrected chi connectivity index (χ2v) is 4.99. The van der Waals surface area contributed by atoms with Gasteiger partial charge in [-0.2, -0.15) is 0 Å². The molecule has 0 saturated heterocycles. The SMILES string of the molecule is CC(C)(C)OCCOCCOc1ccc(N)cc1. The fourth-order valence-corrected chi connectivity index (χ4v) is 1.29. The molecule has 1 rings (SSSR count). The number of rotatable bonds is 7. The molecule has 18 heavy (non-hydrogen) atoms. The van der Waals surface area contributed by atoms with Gasteiger partial charge >= 0.3 is 0 Å². The number of hydrogen-bond donors (Lipinski definition) is 1. The normalized spacial score (nSPS) is 11.5. The van der Waals surface area contributed by atoms with E-state index in [4.69, 9.17) is 19.9 Å². The molecule has 0 aliphatic heterocycles. The molecule has 1 aromatic carbocycles. The van der Waals surface area contributed by atoms with E-state index in [1.807, 2.05) is 45.0 Å². The molecule has 0 aliphatic carbocycles. The predicted molar refractivity (Wildman–Crippen MR) is 72.9 cm³/mol. The third-order valence-electron chi connectivity index (χ3n) is 2.14. The Morgan fingerprint density at radius 1 is 0.944 bits per heavy atom. The first-order valence-corrected chi connectivity index (χ1v) is 6.17. The number of hydrogen-bond acceptors (Lipinski definition) is 4. The van der Waals surface area contributed by atoms with Crippen molar-refractivity contribution in [1.82, 2.24) is 0 Å². The second kappa shape index (κ2) is 7.24. The number of ether oxygens (including phenoxy) is 3. The van der Waals surface area contributed by atoms with Gasteiger partial charge in [0.2, 0.25) is 0 Å². The Morgan fingerprint density at radius 2 is 1.56 bits per heavy atom. The van der Waals surface area contributed by atoms with Crippen LogP contribution in [0.2, 0.25) is 0 Å². The van der Waals surface area contributed by atoms with Gasteiger partial charge in [-0.3, -0.25) is 0 Å². The van der Waals surface area contributed by atoms with E-state index in [0.717, 1.165) is 11.4 Å². The lowest BCUT2D eigenvalue weighted by Gasteiger charge is -2.19. The summed E-state index contributed by atoms with van der Waals surface area (Å²) in [5, 5.41) is 0. The van der Waals surface area contributed by atoms with E-state index in [1.165, 1.54) is 0 Å². The molecule has 4 nitrogen and oxygen atoms in total. The first-order chi connectivity index (χ1) is 8.47. The molecule has 0 bridgehead atoms. The highest BCUT2D eigenvalue weighted by atomic mass is 16.5. The highest BCUT2D eigenvalue weighted by Crippen LogP contribution is 2.12. The highest BCUT2D eigenvalue weighted by Gasteiger charge is 2.08. The van der Waals surface area contributed by atoms with E-state index in [1.54, 1.807) is 0 Å². The highest BCUT2D eigenvalue weighted by molar-refractivity contribution is 5.41. The molecule has 2 N–H and O–H groups in total. The van der Waals surface area contributed by atoms with Crippen LogP contribution < -0.4 is 10.5 Å². The Bertz CT molecular complexity index is 330. The van der Waals surface area contributed by atoms with E-state index >= 15 is 0 Å². The van der Waals surface area contributed by atoms with Crippen LogP contribution in [0.3, 0.4) is 0 Å². The summed E-state index contributed by atoms with van der Waals surface area (Å²) in [6, 6.07) is 7.32. The van der Waals surface area contributed by atoms with Crippen molar-refractivity contribution in [2.75, 3.05) is 32.2 Å². The van der Waals surface area contributed by atoms with E-state index in [0.29, 0.717) is 26.4 Å². The first kappa shape index (κ1) is 14.8. The lowest BCUT2D eigenvalue weighted by Crippen LogP contribution is -2.22. The maximum absolute atomic E-state index is 5.58. The summed E-state index contributed by atoms with van der Waals surface area (Å²) in [6.07, 6.45) is 0. The van der Waals surface area contributed by atoms with Crippen molar-refractivity contribution in [3.8, 4) is 5.75 Å². The second-order valence-electron chi connectivity index (χ2n) is 4.99. The van der Waals surface area contributed by atoms with E-state index < -0.39 is 0 Å². The van der Waals surface area contributed by atoms with Crippen LogP contribution in [-0.4, -0.2) is 32.0 Å². The fraction of sp³-hybridized carbons (Fsp3) is 0.571. The van der Waals surface area contributed by atoms with Crippen LogP contribution in [0, 0.1) is 0 Å². The molecule has 0 amide bonds. The third-order valence-corrected chi connectivity index (χ3v) is 2.14. The van der Waals surface area contributed by atoms with Crippen LogP contribution in [0.25, 0.3) is 0 Å². The Labute approximate surface area is 109 Å². The molecular weight excluding hydrogens is 230 g/mol. The molecule has 0 heterocycles. The minimum absolute atomic E-state index is 0.107. The molecule has 4 heteroatoms. The van der Waals surface area contributed by atoms with E-state index in [-0.39, 0.29) is 5.60 Å². The number of benzene rings is 1. The van der Waals surface area contributed by atoms with Crippen molar-refractivity contribution in [3.05, 3.63) is 24.3 Å². The van der Waals surface area contributed by atoms with Gasteiger partial charge in [0.1, 0.15) is 12.4 Å². The van der Waals surface area contributed by atoms with Crippen molar-refractivity contribution in [2.45, 2.75) is 26.4 Å². The standard InChI is InChI=1S/C14H23NO3/c1-14(2,3)18-11-9-16-8-10-17-13-6-4-12(15)5-7-13/h4-7H,8-11,15H2,1-3H3. The molecule has 1 aromatic rings. The molecular formula is C14H23NO3. The minimum Gasteiger partial charge on any atom is -0.491 e. The number of nitrogens with two attached hydrogens (primary N) is 1. The molecule has 0 unspecified atom stereocenters. The Morgan fingerprint density at radius 3 is 2.17 bits per heavy atom. The van der Waals surface area contributed by atoms with Gasteiger partial charge in [-0.25, -0.2) is 0 Å². The van der Waals surface area contributed by atoms with E-state index in [2.05, 4.69) is 0 Å². The van der Waals surface area contributed by atoms with Crippen LogP contribution in [-0.2, 0) is 9.47 Å². The van der Waals surface area contributed by atoms with Crippen molar-refractivity contribution >= 4 is 5.69 Å². The molecule has 0 saturated carbocycles. The van der Waals surface area contributed by atoms with Gasteiger partial charge in [0, 0.05) is 5.69 Å². The van der Waals surface area contributed by atoms with Crippen LogP contribution in [0.4, 0.5) is 5.69 Å². The van der Waals surface area contributed by atoms with Crippen molar-refractivity contribution in [3.63, 3.8) is 0 Å². The topological polar surface area (TPSA) is 53.7 Å². The molecule has 0 radical (unpaired) electrons. The van der Waals surface area contributed by atoms with Gasteiger partial charge in [-0.15, -0.1) is 0 Å². The average Bonchev–Trinajstić information content (AvgIpc) is 2.29. The van der Waals surface area contributed by atoms with Crippen molar-refractivity contribution < 1.29 is 14.2 Å². The van der Waals surface area contributed by atoms with Gasteiger partial charge < -0.3 is 19.9 Å². The van der Waals surface area contributed by atoms with Crippen LogP contribution >= 0.6 is 0 Å². The van der Waals surface area contributed by atoms with Crippen LogP contribution in [0.15, 0.2) is 24.3 Å². The van der Waals surface area contributed by atoms with Gasteiger partial charge in [-0.05, 0) is 45.0 Å². The molecule has 0 fully saturated rings. The fourth-order valence-electron chi connectivity index (χ4n) is 1.29. The lowest BCUT2D eigenvalue weighted by atomic mass is 10.2. The summed E-state index contributed by atoms with van der Waals surface area (Å²) in [5.74, 6) is 0.804. The predicted octanol–water partition coefficient (Wildman–Crippen LogP) is 2.48. The molecule has 102 valence electrons. The van der Waals surface area contributed by atoms with E-state index in [9.17, 15) is 0 Å². The summed E-state index contributed by atoms with van der Waals surface area (Å²) >= 11 is 0. The molecule has 0 aromatic heterocycles. The smallest absolute Gasteiger partial charge is 0.119 e. The summed E-state index contributed by atoms with van der Waals surface area (Å²) in [7, 11) is 0. The molecule has 0 spiro atoms. The average molecular weight is 253 g/mol. The maximum atomic E-state index is 5.58. The zero-order valence-corrected chi connectivity index (χ0v) is 11.4. The Kier molecular flexibility index (Phi) is 5.95. The summed E-state index contributed by atoms with van der Waals surface area (Å²) in [6.45, 7) is 8.34. The maximum Gasteiger partial charge on any atom is 0.119 e. The number of nitrogen functional groups attached to an aromatic ring is 1. The Hall–Kier alpha value is -1.26. The monoisotopic (exact) mass is 253 g/mol. The summed E-state index contributed by atoms with van der Waals surface area (Å²) in [4.78, 5) is 0. The van der Waals surface area contributed by atoms with Crippen LogP contribution in [0.1, 0.15) is 20.8 Å². The van der Waals surface area contributed by atoms with Crippen molar-refractivity contribution in [1.29, 1.82) is 0 Å². The molecule has 0 aliphatic rings. The zero-order chi connectivity index (χ0) is 13.4. The minimum atomic E-state index is -0.107. The third kappa shape index (κ3) is 7.14. The summed E-state index contributed by atoms with van der Waals surface area (Å²) < 4.78 is 16.4. The zero-order valence-electron chi connectivity index (χ0n) is 11.4. The lowest BCUT2D eigenvalue weighted by molar-refractivity contribution is -0.0375. The van der Waals surface area contributed by atoms with Gasteiger partial charge in [0.15, 0.2) is 0 Å². The van der Waals surface area contributed by atoms with Gasteiger partial charge in [-0.1, -0.05) is 0 Å². The van der Waals surface area contributed by atoms with Gasteiger partial charge in [0.05, 0.1) is 25.4 Å². The molecule has 0 atom stereocenters.